The average Bonchev–Trinajstić information content (AvgIpc) is 3.08. The molecule has 0 amide bonds. The van der Waals surface area contributed by atoms with E-state index >= 15 is 0 Å². The number of furan rings is 1. The molecule has 0 spiro atoms. The van der Waals surface area contributed by atoms with Crippen LogP contribution in [-0.2, 0) is 14.8 Å². The van der Waals surface area contributed by atoms with Crippen LogP contribution in [0.15, 0.2) is 21.8 Å². The highest BCUT2D eigenvalue weighted by molar-refractivity contribution is 7.89. The largest absolute Gasteiger partial charge is 0.465 e. The van der Waals surface area contributed by atoms with Crippen LogP contribution >= 0.6 is 12.4 Å². The van der Waals surface area contributed by atoms with Crippen molar-refractivity contribution in [3.63, 3.8) is 0 Å². The molecule has 0 saturated carbocycles. The smallest absolute Gasteiger partial charge is 0.341 e. The van der Waals surface area contributed by atoms with Crippen LogP contribution in [0, 0.1) is 5.92 Å². The van der Waals surface area contributed by atoms with Crippen molar-refractivity contribution in [3.05, 3.63) is 17.9 Å². The first-order valence-electron chi connectivity index (χ1n) is 6.40. The quantitative estimate of drug-likeness (QED) is 0.743. The molecule has 0 aromatic carbocycles. The van der Waals surface area contributed by atoms with E-state index in [9.17, 15) is 13.2 Å². The lowest BCUT2D eigenvalue weighted by molar-refractivity contribution is 0.0600. The Kier molecular flexibility index (Phi) is 6.66. The number of nitrogens with one attached hydrogen (secondary N) is 2. The first-order chi connectivity index (χ1) is 9.53. The number of hydrogen-bond acceptors (Lipinski definition) is 6. The summed E-state index contributed by atoms with van der Waals surface area (Å²) >= 11 is 0. The van der Waals surface area contributed by atoms with Gasteiger partial charge in [-0.15, -0.1) is 12.4 Å². The van der Waals surface area contributed by atoms with E-state index in [1.807, 2.05) is 0 Å². The van der Waals surface area contributed by atoms with Gasteiger partial charge in [0.15, 0.2) is 0 Å². The molecule has 120 valence electrons. The van der Waals surface area contributed by atoms with E-state index in [4.69, 9.17) is 4.42 Å². The molecule has 2 rings (SSSR count). The van der Waals surface area contributed by atoms with Gasteiger partial charge in [0.05, 0.1) is 12.7 Å². The van der Waals surface area contributed by atoms with Gasteiger partial charge in [-0.2, -0.15) is 0 Å². The molecule has 21 heavy (non-hydrogen) atoms. The van der Waals surface area contributed by atoms with E-state index in [0.717, 1.165) is 38.3 Å². The van der Waals surface area contributed by atoms with Gasteiger partial charge in [-0.1, -0.05) is 0 Å². The van der Waals surface area contributed by atoms with E-state index in [2.05, 4.69) is 14.8 Å². The lowest BCUT2D eigenvalue weighted by atomic mass is 10.1. The van der Waals surface area contributed by atoms with Crippen molar-refractivity contribution in [1.29, 1.82) is 0 Å². The summed E-state index contributed by atoms with van der Waals surface area (Å²) in [7, 11) is -2.50. The standard InChI is InChI=1S/C12H18N2O5S.ClH/c1-18-12(15)10-6-11(19-8-10)20(16,17)14-5-3-9-2-4-13-7-9;/h6,8-9,13-14H,2-5,7H2,1H3;1H. The Balaban J connectivity index is 0.00000220. The second kappa shape index (κ2) is 7.79. The van der Waals surface area contributed by atoms with Crippen LogP contribution in [0.3, 0.4) is 0 Å². The maximum Gasteiger partial charge on any atom is 0.341 e. The fraction of sp³-hybridized carbons (Fsp3) is 0.583. The molecule has 1 aromatic rings. The number of sulfonamides is 1. The third kappa shape index (κ3) is 4.70. The van der Waals surface area contributed by atoms with E-state index in [0.29, 0.717) is 12.5 Å². The predicted molar refractivity (Wildman–Crippen MR) is 78.1 cm³/mol. The molecular formula is C12H19ClN2O5S. The van der Waals surface area contributed by atoms with E-state index in [1.54, 1.807) is 0 Å². The van der Waals surface area contributed by atoms with Crippen molar-refractivity contribution < 1.29 is 22.4 Å². The number of carbonyl (C=O) groups is 1. The molecule has 7 nitrogen and oxygen atoms in total. The highest BCUT2D eigenvalue weighted by atomic mass is 35.5. The zero-order valence-electron chi connectivity index (χ0n) is 11.6. The Morgan fingerprint density at radius 1 is 1.57 bits per heavy atom. The summed E-state index contributed by atoms with van der Waals surface area (Å²) in [6, 6.07) is 1.16. The Morgan fingerprint density at radius 2 is 2.33 bits per heavy atom. The number of ether oxygens (including phenoxy) is 1. The SMILES string of the molecule is COC(=O)c1coc(S(=O)(=O)NCCC2CCNC2)c1.Cl. The molecular weight excluding hydrogens is 320 g/mol. The highest BCUT2D eigenvalue weighted by Crippen LogP contribution is 2.15. The summed E-state index contributed by atoms with van der Waals surface area (Å²) in [6.07, 6.45) is 2.91. The minimum Gasteiger partial charge on any atom is -0.465 e. The monoisotopic (exact) mass is 338 g/mol. The molecule has 1 atom stereocenters. The highest BCUT2D eigenvalue weighted by Gasteiger charge is 2.22. The molecule has 2 heterocycles. The van der Waals surface area contributed by atoms with Crippen molar-refractivity contribution in [2.45, 2.75) is 17.9 Å². The maximum absolute atomic E-state index is 12.0. The molecule has 0 aliphatic carbocycles. The third-order valence-electron chi connectivity index (χ3n) is 3.27. The molecule has 1 fully saturated rings. The van der Waals surface area contributed by atoms with Crippen LogP contribution in [-0.4, -0.2) is 41.1 Å². The molecule has 9 heteroatoms. The summed E-state index contributed by atoms with van der Waals surface area (Å²) in [5, 5.41) is 2.95. The number of rotatable bonds is 6. The van der Waals surface area contributed by atoms with Crippen LogP contribution in [0.25, 0.3) is 0 Å². The molecule has 1 aromatic heterocycles. The second-order valence-corrected chi connectivity index (χ2v) is 6.39. The van der Waals surface area contributed by atoms with Gasteiger partial charge in [0.2, 0.25) is 5.09 Å². The zero-order valence-corrected chi connectivity index (χ0v) is 13.3. The lowest BCUT2D eigenvalue weighted by Crippen LogP contribution is -2.26. The summed E-state index contributed by atoms with van der Waals surface area (Å²) in [5.41, 5.74) is 0.0767. The number of halogens is 1. The number of methoxy groups -OCH3 is 1. The number of esters is 1. The van der Waals surface area contributed by atoms with E-state index in [-0.39, 0.29) is 23.1 Å². The number of carbonyl (C=O) groups excluding carboxylic acids is 1. The second-order valence-electron chi connectivity index (χ2n) is 4.69. The summed E-state index contributed by atoms with van der Waals surface area (Å²) in [6.45, 7) is 2.26. The molecule has 0 radical (unpaired) electrons. The molecule has 2 N–H and O–H groups in total. The topological polar surface area (TPSA) is 97.6 Å². The Hall–Kier alpha value is -1.09. The van der Waals surface area contributed by atoms with Crippen molar-refractivity contribution in [3.8, 4) is 0 Å². The Bertz CT molecular complexity index is 566. The fourth-order valence-electron chi connectivity index (χ4n) is 2.11. The van der Waals surface area contributed by atoms with Gasteiger partial charge in [-0.25, -0.2) is 17.9 Å². The van der Waals surface area contributed by atoms with Gasteiger partial charge < -0.3 is 14.5 Å². The minimum atomic E-state index is -3.72. The molecule has 1 unspecified atom stereocenters. The molecule has 0 bridgehead atoms. The first-order valence-corrected chi connectivity index (χ1v) is 7.88. The van der Waals surface area contributed by atoms with Crippen molar-refractivity contribution in [1.82, 2.24) is 10.0 Å². The summed E-state index contributed by atoms with van der Waals surface area (Å²) < 4.78 is 35.8. The molecule has 1 aliphatic heterocycles. The van der Waals surface area contributed by atoms with Crippen LogP contribution in [0.4, 0.5) is 0 Å². The Morgan fingerprint density at radius 3 is 2.95 bits per heavy atom. The van der Waals surface area contributed by atoms with Crippen molar-refractivity contribution in [2.24, 2.45) is 5.92 Å². The maximum atomic E-state index is 12.0. The van der Waals surface area contributed by atoms with E-state index in [1.165, 1.54) is 7.11 Å². The van der Waals surface area contributed by atoms with Crippen molar-refractivity contribution in [2.75, 3.05) is 26.7 Å². The Labute approximate surface area is 129 Å². The predicted octanol–water partition coefficient (Wildman–Crippen LogP) is 0.766. The fourth-order valence-corrected chi connectivity index (χ4v) is 3.10. The minimum absolute atomic E-state index is 0. The first kappa shape index (κ1) is 18.0. The molecule has 1 aliphatic rings. The van der Waals surface area contributed by atoms with Gasteiger partial charge in [0.25, 0.3) is 10.0 Å². The van der Waals surface area contributed by atoms with Crippen molar-refractivity contribution >= 4 is 28.4 Å². The van der Waals surface area contributed by atoms with Gasteiger partial charge >= 0.3 is 5.97 Å². The van der Waals surface area contributed by atoms with E-state index < -0.39 is 16.0 Å². The van der Waals surface area contributed by atoms with Gasteiger partial charge in [0, 0.05) is 12.6 Å². The van der Waals surface area contributed by atoms with Crippen LogP contribution in [0.1, 0.15) is 23.2 Å². The van der Waals surface area contributed by atoms with Crippen LogP contribution in [0.2, 0.25) is 0 Å². The summed E-state index contributed by atoms with van der Waals surface area (Å²) in [4.78, 5) is 11.2. The average molecular weight is 339 g/mol. The summed E-state index contributed by atoms with van der Waals surface area (Å²) in [5.74, 6) is -0.132. The molecule has 1 saturated heterocycles. The van der Waals surface area contributed by atoms with Gasteiger partial charge in [-0.05, 0) is 31.8 Å². The zero-order chi connectivity index (χ0) is 14.6. The normalized spacial score (nSPS) is 18.2. The third-order valence-corrected chi connectivity index (χ3v) is 4.60. The van der Waals surface area contributed by atoms with Crippen LogP contribution < -0.4 is 10.0 Å². The number of hydrogen-bond donors (Lipinski definition) is 2. The van der Waals surface area contributed by atoms with Gasteiger partial charge in [-0.3, -0.25) is 0 Å². The van der Waals surface area contributed by atoms with Gasteiger partial charge in [0.1, 0.15) is 6.26 Å². The lowest BCUT2D eigenvalue weighted by Gasteiger charge is -2.08. The van der Waals surface area contributed by atoms with Crippen LogP contribution in [0.5, 0.6) is 0 Å².